The maximum Gasteiger partial charge on any atom is 0.235 e. The van der Waals surface area contributed by atoms with Gasteiger partial charge in [0.25, 0.3) is 0 Å². The molecule has 94 valence electrons. The average molecular weight is 277 g/mol. The van der Waals surface area contributed by atoms with Gasteiger partial charge in [0.15, 0.2) is 0 Å². The maximum absolute atomic E-state index is 11.6. The van der Waals surface area contributed by atoms with Crippen molar-refractivity contribution in [2.24, 2.45) is 5.73 Å². The molecule has 4 heteroatoms. The van der Waals surface area contributed by atoms with E-state index in [9.17, 15) is 4.79 Å². The summed E-state index contributed by atoms with van der Waals surface area (Å²) in [7, 11) is 0. The van der Waals surface area contributed by atoms with E-state index in [1.54, 1.807) is 23.1 Å². The molecule has 0 aliphatic carbocycles. The number of rotatable bonds is 5. The molecule has 1 aromatic heterocycles. The number of hydrogen-bond donors (Lipinski definition) is 1. The summed E-state index contributed by atoms with van der Waals surface area (Å²) < 4.78 is 0. The SMILES string of the molecule is C[C@H](S[C@@H](C(N)=O)c1ccccc1)c1cccs1. The summed E-state index contributed by atoms with van der Waals surface area (Å²) in [6.45, 7) is 2.11. The molecule has 0 radical (unpaired) electrons. The number of thiophene rings is 1. The van der Waals surface area contributed by atoms with E-state index < -0.39 is 0 Å². The Morgan fingerprint density at radius 1 is 1.22 bits per heavy atom. The number of carbonyl (C=O) groups is 1. The van der Waals surface area contributed by atoms with Crippen LogP contribution in [0.2, 0.25) is 0 Å². The first kappa shape index (κ1) is 13.2. The lowest BCUT2D eigenvalue weighted by molar-refractivity contribution is -0.117. The van der Waals surface area contributed by atoms with Gasteiger partial charge in [0.05, 0.1) is 0 Å². The van der Waals surface area contributed by atoms with Crippen molar-refractivity contribution in [2.45, 2.75) is 17.4 Å². The van der Waals surface area contributed by atoms with Crippen molar-refractivity contribution in [1.29, 1.82) is 0 Å². The van der Waals surface area contributed by atoms with Crippen molar-refractivity contribution in [3.63, 3.8) is 0 Å². The molecule has 0 aliphatic heterocycles. The van der Waals surface area contributed by atoms with Crippen LogP contribution in [0.25, 0.3) is 0 Å². The first-order valence-corrected chi connectivity index (χ1v) is 7.54. The minimum Gasteiger partial charge on any atom is -0.368 e. The maximum atomic E-state index is 11.6. The average Bonchev–Trinajstić information content (AvgIpc) is 2.90. The number of primary amides is 1. The summed E-state index contributed by atoms with van der Waals surface area (Å²) in [5.74, 6) is -0.283. The summed E-state index contributed by atoms with van der Waals surface area (Å²) in [6, 6.07) is 13.8. The Kier molecular flexibility index (Phi) is 4.44. The molecule has 18 heavy (non-hydrogen) atoms. The number of thioether (sulfide) groups is 1. The molecule has 2 aromatic rings. The molecule has 0 fully saturated rings. The lowest BCUT2D eigenvalue weighted by Crippen LogP contribution is -2.19. The first-order valence-electron chi connectivity index (χ1n) is 5.71. The van der Waals surface area contributed by atoms with Crippen LogP contribution in [0.15, 0.2) is 47.8 Å². The molecule has 2 N–H and O–H groups in total. The van der Waals surface area contributed by atoms with Gasteiger partial charge in [-0.05, 0) is 23.9 Å². The fourth-order valence-corrected chi connectivity index (χ4v) is 3.80. The van der Waals surface area contributed by atoms with E-state index in [0.29, 0.717) is 0 Å². The normalized spacial score (nSPS) is 14.1. The lowest BCUT2D eigenvalue weighted by Gasteiger charge is -2.17. The third kappa shape index (κ3) is 3.15. The Bertz CT molecular complexity index is 496. The highest BCUT2D eigenvalue weighted by Gasteiger charge is 2.22. The van der Waals surface area contributed by atoms with Gasteiger partial charge >= 0.3 is 0 Å². The predicted molar refractivity (Wildman–Crippen MR) is 78.7 cm³/mol. The van der Waals surface area contributed by atoms with Crippen LogP contribution in [0.5, 0.6) is 0 Å². The number of hydrogen-bond acceptors (Lipinski definition) is 3. The van der Waals surface area contributed by atoms with Crippen LogP contribution >= 0.6 is 23.1 Å². The zero-order valence-corrected chi connectivity index (χ0v) is 11.7. The molecule has 2 nitrogen and oxygen atoms in total. The molecule has 0 bridgehead atoms. The van der Waals surface area contributed by atoms with Gasteiger partial charge in [0.1, 0.15) is 5.25 Å². The van der Waals surface area contributed by atoms with Crippen LogP contribution in [0.1, 0.15) is 27.9 Å². The topological polar surface area (TPSA) is 43.1 Å². The zero-order chi connectivity index (χ0) is 13.0. The Balaban J connectivity index is 2.15. The van der Waals surface area contributed by atoms with Gasteiger partial charge in [-0.15, -0.1) is 23.1 Å². The van der Waals surface area contributed by atoms with Crippen LogP contribution in [-0.4, -0.2) is 5.91 Å². The fraction of sp³-hybridized carbons (Fsp3) is 0.214. The van der Waals surface area contributed by atoms with Gasteiger partial charge in [-0.1, -0.05) is 36.4 Å². The highest BCUT2D eigenvalue weighted by atomic mass is 32.2. The van der Waals surface area contributed by atoms with Crippen LogP contribution < -0.4 is 5.73 Å². The van der Waals surface area contributed by atoms with Crippen LogP contribution in [0, 0.1) is 0 Å². The van der Waals surface area contributed by atoms with E-state index in [-0.39, 0.29) is 16.4 Å². The minimum absolute atomic E-state index is 0.266. The number of benzene rings is 1. The molecule has 2 atom stereocenters. The first-order chi connectivity index (χ1) is 8.68. The molecule has 1 heterocycles. The van der Waals surface area contributed by atoms with Crippen molar-refractivity contribution in [2.75, 3.05) is 0 Å². The zero-order valence-electron chi connectivity index (χ0n) is 10.1. The molecule has 0 spiro atoms. The van der Waals surface area contributed by atoms with E-state index >= 15 is 0 Å². The number of nitrogens with two attached hydrogens (primary N) is 1. The summed E-state index contributed by atoms with van der Waals surface area (Å²) >= 11 is 3.31. The molecule has 0 aliphatic rings. The standard InChI is InChI=1S/C14H15NOS2/c1-10(12-8-5-9-17-12)18-13(14(15)16)11-6-3-2-4-7-11/h2-10,13H,1H3,(H2,15,16)/t10-,13+/m0/s1. The van der Waals surface area contributed by atoms with Crippen molar-refractivity contribution >= 4 is 29.0 Å². The summed E-state index contributed by atoms with van der Waals surface area (Å²) in [5, 5.41) is 2.03. The Morgan fingerprint density at radius 2 is 1.94 bits per heavy atom. The van der Waals surface area contributed by atoms with Crippen LogP contribution in [-0.2, 0) is 4.79 Å². The Labute approximate surface area is 115 Å². The van der Waals surface area contributed by atoms with E-state index in [4.69, 9.17) is 5.73 Å². The predicted octanol–water partition coefficient (Wildman–Crippen LogP) is 3.77. The molecule has 0 saturated carbocycles. The second kappa shape index (κ2) is 6.07. The molecule has 2 rings (SSSR count). The quantitative estimate of drug-likeness (QED) is 0.904. The largest absolute Gasteiger partial charge is 0.368 e. The summed E-state index contributed by atoms with van der Waals surface area (Å²) in [4.78, 5) is 12.9. The van der Waals surface area contributed by atoms with Gasteiger partial charge in [-0.3, -0.25) is 4.79 Å². The number of carbonyl (C=O) groups excluding carboxylic acids is 1. The highest BCUT2D eigenvalue weighted by Crippen LogP contribution is 2.41. The number of amides is 1. The van der Waals surface area contributed by atoms with Gasteiger partial charge in [0.2, 0.25) is 5.91 Å². The third-order valence-electron chi connectivity index (χ3n) is 2.64. The molecule has 1 aromatic carbocycles. The second-order valence-electron chi connectivity index (χ2n) is 3.99. The molecular formula is C14H15NOS2. The molecule has 1 amide bonds. The fourth-order valence-electron chi connectivity index (χ4n) is 1.73. The second-order valence-corrected chi connectivity index (χ2v) is 6.42. The monoisotopic (exact) mass is 277 g/mol. The molecule has 0 unspecified atom stereocenters. The van der Waals surface area contributed by atoms with Gasteiger partial charge < -0.3 is 5.73 Å². The minimum atomic E-state index is -0.289. The highest BCUT2D eigenvalue weighted by molar-refractivity contribution is 8.00. The van der Waals surface area contributed by atoms with Crippen molar-refractivity contribution in [3.05, 3.63) is 58.3 Å². The molecule has 0 saturated heterocycles. The van der Waals surface area contributed by atoms with Crippen LogP contribution in [0.3, 0.4) is 0 Å². The van der Waals surface area contributed by atoms with Crippen molar-refractivity contribution in [3.8, 4) is 0 Å². The van der Waals surface area contributed by atoms with Crippen molar-refractivity contribution < 1.29 is 4.79 Å². The van der Waals surface area contributed by atoms with Gasteiger partial charge in [-0.25, -0.2) is 0 Å². The lowest BCUT2D eigenvalue weighted by atomic mass is 10.1. The van der Waals surface area contributed by atoms with E-state index in [1.807, 2.05) is 41.8 Å². The van der Waals surface area contributed by atoms with Crippen LogP contribution in [0.4, 0.5) is 0 Å². The van der Waals surface area contributed by atoms with E-state index in [1.165, 1.54) is 4.88 Å². The summed E-state index contributed by atoms with van der Waals surface area (Å²) in [5.41, 5.74) is 6.48. The third-order valence-corrected chi connectivity index (χ3v) is 5.29. The Hall–Kier alpha value is -1.26. The summed E-state index contributed by atoms with van der Waals surface area (Å²) in [6.07, 6.45) is 0. The molecular weight excluding hydrogens is 262 g/mol. The smallest absolute Gasteiger partial charge is 0.235 e. The van der Waals surface area contributed by atoms with E-state index in [2.05, 4.69) is 13.0 Å². The Morgan fingerprint density at radius 3 is 2.50 bits per heavy atom. The van der Waals surface area contributed by atoms with Gasteiger partial charge in [-0.2, -0.15) is 0 Å². The van der Waals surface area contributed by atoms with Gasteiger partial charge in [0, 0.05) is 10.1 Å². The van der Waals surface area contributed by atoms with E-state index in [0.717, 1.165) is 5.56 Å². The van der Waals surface area contributed by atoms with Crippen molar-refractivity contribution in [1.82, 2.24) is 0 Å².